The molecule has 1 atom stereocenters. The number of para-hydroxylation sites is 1. The monoisotopic (exact) mass is 370 g/mol. The molecule has 1 rings (SSSR count). The second-order valence-corrected chi connectivity index (χ2v) is 7.52. The predicted octanol–water partition coefficient (Wildman–Crippen LogP) is 1.16. The van der Waals surface area contributed by atoms with E-state index in [1.807, 2.05) is 13.8 Å². The van der Waals surface area contributed by atoms with E-state index >= 15 is 0 Å². The molecule has 25 heavy (non-hydrogen) atoms. The number of anilines is 1. The summed E-state index contributed by atoms with van der Waals surface area (Å²) in [4.78, 5) is 23.4. The van der Waals surface area contributed by atoms with Gasteiger partial charge in [0.1, 0.15) is 0 Å². The van der Waals surface area contributed by atoms with Gasteiger partial charge < -0.3 is 16.0 Å². The van der Waals surface area contributed by atoms with Gasteiger partial charge in [-0.05, 0) is 25.0 Å². The van der Waals surface area contributed by atoms with Gasteiger partial charge in [0.15, 0.2) is 0 Å². The van der Waals surface area contributed by atoms with Crippen LogP contribution in [0.4, 0.5) is 10.5 Å². The van der Waals surface area contributed by atoms with E-state index in [2.05, 4.69) is 20.7 Å². The molecule has 0 radical (unpaired) electrons. The molecule has 140 valence electrons. The maximum atomic E-state index is 11.8. The molecular formula is C16H26N4O4S. The highest BCUT2D eigenvalue weighted by molar-refractivity contribution is 7.92. The van der Waals surface area contributed by atoms with E-state index in [1.165, 1.54) is 0 Å². The van der Waals surface area contributed by atoms with Crippen LogP contribution in [0.1, 0.15) is 32.3 Å². The first-order valence-electron chi connectivity index (χ1n) is 8.08. The van der Waals surface area contributed by atoms with Gasteiger partial charge in [0.2, 0.25) is 15.9 Å². The molecule has 9 heteroatoms. The van der Waals surface area contributed by atoms with Gasteiger partial charge >= 0.3 is 6.03 Å². The molecule has 0 bridgehead atoms. The number of carbonyl (C=O) groups excluding carboxylic acids is 2. The van der Waals surface area contributed by atoms with Crippen molar-refractivity contribution in [3.63, 3.8) is 0 Å². The zero-order valence-electron chi connectivity index (χ0n) is 14.8. The zero-order valence-corrected chi connectivity index (χ0v) is 15.6. The summed E-state index contributed by atoms with van der Waals surface area (Å²) in [6.45, 7) is 4.27. The first kappa shape index (κ1) is 20.8. The SMILES string of the molecule is CC[C@H](C)NC(=O)CCNC(=O)NCc1ccccc1NS(C)(=O)=O. The Hall–Kier alpha value is -2.29. The summed E-state index contributed by atoms with van der Waals surface area (Å²) in [5.41, 5.74) is 1.05. The van der Waals surface area contributed by atoms with Crippen molar-refractivity contribution in [2.75, 3.05) is 17.5 Å². The topological polar surface area (TPSA) is 116 Å². The fourth-order valence-corrected chi connectivity index (χ4v) is 2.55. The number of amides is 3. The molecule has 8 nitrogen and oxygen atoms in total. The molecule has 0 aliphatic rings. The van der Waals surface area contributed by atoms with Crippen molar-refractivity contribution in [3.05, 3.63) is 29.8 Å². The minimum Gasteiger partial charge on any atom is -0.354 e. The van der Waals surface area contributed by atoms with Gasteiger partial charge in [-0.25, -0.2) is 13.2 Å². The Morgan fingerprint density at radius 2 is 1.84 bits per heavy atom. The molecule has 4 N–H and O–H groups in total. The minimum atomic E-state index is -3.40. The lowest BCUT2D eigenvalue weighted by Crippen LogP contribution is -2.39. The number of benzene rings is 1. The average Bonchev–Trinajstić information content (AvgIpc) is 2.52. The van der Waals surface area contributed by atoms with Crippen LogP contribution in [-0.4, -0.2) is 39.2 Å². The van der Waals surface area contributed by atoms with E-state index in [4.69, 9.17) is 0 Å². The molecular weight excluding hydrogens is 344 g/mol. The van der Waals surface area contributed by atoms with Gasteiger partial charge in [-0.15, -0.1) is 0 Å². The third-order valence-corrected chi connectivity index (χ3v) is 4.00. The van der Waals surface area contributed by atoms with Crippen LogP contribution < -0.4 is 20.7 Å². The van der Waals surface area contributed by atoms with Crippen LogP contribution in [0.3, 0.4) is 0 Å². The number of urea groups is 1. The van der Waals surface area contributed by atoms with Crippen LogP contribution in [0.15, 0.2) is 24.3 Å². The highest BCUT2D eigenvalue weighted by Gasteiger charge is 2.09. The van der Waals surface area contributed by atoms with Gasteiger partial charge in [0.25, 0.3) is 0 Å². The van der Waals surface area contributed by atoms with Crippen molar-refractivity contribution in [2.24, 2.45) is 0 Å². The van der Waals surface area contributed by atoms with E-state index in [0.717, 1.165) is 12.7 Å². The van der Waals surface area contributed by atoms with Crippen molar-refractivity contribution in [2.45, 2.75) is 39.3 Å². The lowest BCUT2D eigenvalue weighted by Gasteiger charge is -2.13. The molecule has 1 aromatic rings. The molecule has 0 fully saturated rings. The molecule has 0 aliphatic carbocycles. The van der Waals surface area contributed by atoms with Gasteiger partial charge in [-0.2, -0.15) is 0 Å². The van der Waals surface area contributed by atoms with E-state index in [9.17, 15) is 18.0 Å². The van der Waals surface area contributed by atoms with E-state index in [0.29, 0.717) is 11.3 Å². The third kappa shape index (κ3) is 8.94. The highest BCUT2D eigenvalue weighted by atomic mass is 32.2. The van der Waals surface area contributed by atoms with Gasteiger partial charge in [-0.1, -0.05) is 25.1 Å². The Labute approximate surface area is 148 Å². The smallest absolute Gasteiger partial charge is 0.315 e. The number of hydrogen-bond acceptors (Lipinski definition) is 4. The van der Waals surface area contributed by atoms with Crippen molar-refractivity contribution in [3.8, 4) is 0 Å². The molecule has 0 unspecified atom stereocenters. The highest BCUT2D eigenvalue weighted by Crippen LogP contribution is 2.15. The molecule has 0 aliphatic heterocycles. The number of nitrogens with one attached hydrogen (secondary N) is 4. The largest absolute Gasteiger partial charge is 0.354 e. The quantitative estimate of drug-likeness (QED) is 0.522. The second-order valence-electron chi connectivity index (χ2n) is 5.77. The number of carbonyl (C=O) groups is 2. The lowest BCUT2D eigenvalue weighted by atomic mass is 10.2. The Morgan fingerprint density at radius 1 is 1.16 bits per heavy atom. The van der Waals surface area contributed by atoms with Crippen LogP contribution in [-0.2, 0) is 21.4 Å². The summed E-state index contributed by atoms with van der Waals surface area (Å²) < 4.78 is 25.1. The van der Waals surface area contributed by atoms with Crippen molar-refractivity contribution < 1.29 is 18.0 Å². The fraction of sp³-hybridized carbons (Fsp3) is 0.500. The summed E-state index contributed by atoms with van der Waals surface area (Å²) in [6.07, 6.45) is 2.11. The van der Waals surface area contributed by atoms with Crippen molar-refractivity contribution in [1.29, 1.82) is 0 Å². The number of hydrogen-bond donors (Lipinski definition) is 4. The van der Waals surface area contributed by atoms with E-state index < -0.39 is 16.1 Å². The van der Waals surface area contributed by atoms with E-state index in [1.54, 1.807) is 24.3 Å². The van der Waals surface area contributed by atoms with Crippen LogP contribution in [0.2, 0.25) is 0 Å². The Kier molecular flexibility index (Phi) is 8.20. The second kappa shape index (κ2) is 9.87. The molecule has 3 amide bonds. The molecule has 0 saturated heterocycles. The first-order chi connectivity index (χ1) is 11.7. The number of rotatable bonds is 9. The molecule has 1 aromatic carbocycles. The van der Waals surface area contributed by atoms with Gasteiger partial charge in [0, 0.05) is 25.6 Å². The van der Waals surface area contributed by atoms with Crippen LogP contribution >= 0.6 is 0 Å². The van der Waals surface area contributed by atoms with Gasteiger partial charge in [0.05, 0.1) is 11.9 Å². The fourth-order valence-electron chi connectivity index (χ4n) is 1.95. The predicted molar refractivity (Wildman–Crippen MR) is 97.7 cm³/mol. The zero-order chi connectivity index (χ0) is 18.9. The van der Waals surface area contributed by atoms with Gasteiger partial charge in [-0.3, -0.25) is 9.52 Å². The Morgan fingerprint density at radius 3 is 2.48 bits per heavy atom. The third-order valence-electron chi connectivity index (χ3n) is 3.41. The molecule has 0 aromatic heterocycles. The summed E-state index contributed by atoms with van der Waals surface area (Å²) >= 11 is 0. The Bertz CT molecular complexity index is 691. The van der Waals surface area contributed by atoms with Crippen LogP contribution in [0.5, 0.6) is 0 Å². The lowest BCUT2D eigenvalue weighted by molar-refractivity contribution is -0.121. The Balaban J connectivity index is 2.41. The maximum Gasteiger partial charge on any atom is 0.315 e. The standard InChI is InChI=1S/C16H26N4O4S/c1-4-12(2)19-15(21)9-10-17-16(22)18-11-13-7-5-6-8-14(13)20-25(3,23)24/h5-8,12,20H,4,9-11H2,1-3H3,(H,19,21)(H2,17,18,22)/t12-/m0/s1. The molecule has 0 saturated carbocycles. The maximum absolute atomic E-state index is 11.8. The van der Waals surface area contributed by atoms with Crippen molar-refractivity contribution in [1.82, 2.24) is 16.0 Å². The van der Waals surface area contributed by atoms with Crippen LogP contribution in [0.25, 0.3) is 0 Å². The molecule has 0 heterocycles. The van der Waals surface area contributed by atoms with Crippen LogP contribution in [0, 0.1) is 0 Å². The first-order valence-corrected chi connectivity index (χ1v) is 9.97. The average molecular weight is 370 g/mol. The van der Waals surface area contributed by atoms with E-state index in [-0.39, 0.29) is 31.5 Å². The summed E-state index contributed by atoms with van der Waals surface area (Å²) in [5, 5.41) is 8.04. The normalized spacial score (nSPS) is 12.1. The summed E-state index contributed by atoms with van der Waals surface area (Å²) in [6, 6.07) is 6.47. The number of sulfonamides is 1. The summed E-state index contributed by atoms with van der Waals surface area (Å²) in [7, 11) is -3.40. The summed E-state index contributed by atoms with van der Waals surface area (Å²) in [5.74, 6) is -0.114. The minimum absolute atomic E-state index is 0.111. The molecule has 0 spiro atoms. The van der Waals surface area contributed by atoms with Crippen molar-refractivity contribution >= 4 is 27.6 Å².